The number of phenols is 1. The van der Waals surface area contributed by atoms with E-state index in [0.29, 0.717) is 5.56 Å². The fourth-order valence-corrected chi connectivity index (χ4v) is 2.08. The van der Waals surface area contributed by atoms with E-state index in [2.05, 4.69) is 4.72 Å². The lowest BCUT2D eigenvalue weighted by atomic mass is 10.2. The summed E-state index contributed by atoms with van der Waals surface area (Å²) in [5.74, 6) is -1.50. The van der Waals surface area contributed by atoms with Crippen LogP contribution in [0.5, 0.6) is 5.75 Å². The van der Waals surface area contributed by atoms with Crippen LogP contribution in [-0.2, 0) is 21.4 Å². The van der Waals surface area contributed by atoms with E-state index in [4.69, 9.17) is 10.2 Å². The van der Waals surface area contributed by atoms with Crippen molar-refractivity contribution in [3.8, 4) is 5.75 Å². The Kier molecular flexibility index (Phi) is 4.47. The molecule has 0 bridgehead atoms. The molecule has 94 valence electrons. The minimum absolute atomic E-state index is 0.0717. The second-order valence-corrected chi connectivity index (χ2v) is 5.38. The normalized spacial score (nSPS) is 11.3. The van der Waals surface area contributed by atoms with Gasteiger partial charge in [-0.3, -0.25) is 4.79 Å². The van der Waals surface area contributed by atoms with Crippen molar-refractivity contribution >= 4 is 16.0 Å². The minimum atomic E-state index is -3.58. The number of carbonyl (C=O) groups is 1. The number of sulfonamides is 1. The highest BCUT2D eigenvalue weighted by atomic mass is 32.2. The van der Waals surface area contributed by atoms with Gasteiger partial charge in [0.25, 0.3) is 0 Å². The van der Waals surface area contributed by atoms with Gasteiger partial charge in [-0.15, -0.1) is 0 Å². The van der Waals surface area contributed by atoms with E-state index in [9.17, 15) is 13.2 Å². The Morgan fingerprint density at radius 2 is 1.82 bits per heavy atom. The van der Waals surface area contributed by atoms with Crippen molar-refractivity contribution in [1.82, 2.24) is 4.72 Å². The summed E-state index contributed by atoms with van der Waals surface area (Å²) in [6, 6.07) is 6.05. The SMILES string of the molecule is O=C(O)CCS(=O)(=O)NCc1ccc(O)cc1. The van der Waals surface area contributed by atoms with Crippen molar-refractivity contribution in [2.75, 3.05) is 5.75 Å². The molecule has 3 N–H and O–H groups in total. The number of rotatable bonds is 6. The van der Waals surface area contributed by atoms with Gasteiger partial charge in [-0.25, -0.2) is 13.1 Å². The van der Waals surface area contributed by atoms with E-state index in [-0.39, 0.29) is 12.3 Å². The molecule has 1 aromatic carbocycles. The maximum Gasteiger partial charge on any atom is 0.304 e. The van der Waals surface area contributed by atoms with Crippen molar-refractivity contribution in [1.29, 1.82) is 0 Å². The lowest BCUT2D eigenvalue weighted by Gasteiger charge is -2.05. The summed E-state index contributed by atoms with van der Waals surface area (Å²) in [6.07, 6.45) is -0.426. The standard InChI is InChI=1S/C10H13NO5S/c12-9-3-1-8(2-4-9)7-11-17(15,16)6-5-10(13)14/h1-4,11-12H,5-7H2,(H,13,14). The molecule has 0 heterocycles. The average molecular weight is 259 g/mol. The second-order valence-electron chi connectivity index (χ2n) is 3.45. The van der Waals surface area contributed by atoms with E-state index < -0.39 is 28.2 Å². The summed E-state index contributed by atoms with van der Waals surface area (Å²) in [4.78, 5) is 10.2. The topological polar surface area (TPSA) is 104 Å². The number of aromatic hydroxyl groups is 1. The van der Waals surface area contributed by atoms with E-state index >= 15 is 0 Å². The number of benzene rings is 1. The van der Waals surface area contributed by atoms with Gasteiger partial charge < -0.3 is 10.2 Å². The summed E-state index contributed by atoms with van der Waals surface area (Å²) >= 11 is 0. The molecule has 0 saturated heterocycles. The first-order valence-electron chi connectivity index (χ1n) is 4.86. The van der Waals surface area contributed by atoms with Crippen LogP contribution in [-0.4, -0.2) is 30.4 Å². The third kappa shape index (κ3) is 5.32. The molecule has 0 atom stereocenters. The van der Waals surface area contributed by atoms with Crippen molar-refractivity contribution in [2.24, 2.45) is 0 Å². The smallest absolute Gasteiger partial charge is 0.304 e. The molecule has 17 heavy (non-hydrogen) atoms. The molecule has 0 aliphatic rings. The highest BCUT2D eigenvalue weighted by Crippen LogP contribution is 2.09. The molecule has 0 aromatic heterocycles. The van der Waals surface area contributed by atoms with E-state index in [1.807, 2.05) is 0 Å². The molecule has 0 saturated carbocycles. The highest BCUT2D eigenvalue weighted by Gasteiger charge is 2.12. The first-order valence-corrected chi connectivity index (χ1v) is 6.51. The zero-order chi connectivity index (χ0) is 12.9. The fourth-order valence-electron chi connectivity index (χ4n) is 1.10. The van der Waals surface area contributed by atoms with E-state index in [1.165, 1.54) is 12.1 Å². The molecule has 0 radical (unpaired) electrons. The van der Waals surface area contributed by atoms with Gasteiger partial charge in [-0.2, -0.15) is 0 Å². The number of hydrogen-bond donors (Lipinski definition) is 3. The molecule has 6 nitrogen and oxygen atoms in total. The zero-order valence-corrected chi connectivity index (χ0v) is 9.77. The van der Waals surface area contributed by atoms with Crippen LogP contribution in [0, 0.1) is 0 Å². The van der Waals surface area contributed by atoms with Crippen molar-refractivity contribution in [2.45, 2.75) is 13.0 Å². The molecule has 1 rings (SSSR count). The van der Waals surface area contributed by atoms with Gasteiger partial charge in [-0.1, -0.05) is 12.1 Å². The van der Waals surface area contributed by atoms with Crippen molar-refractivity contribution in [3.05, 3.63) is 29.8 Å². The van der Waals surface area contributed by atoms with Crippen LogP contribution in [0.15, 0.2) is 24.3 Å². The maximum atomic E-state index is 11.4. The molecule has 0 unspecified atom stereocenters. The molecular weight excluding hydrogens is 246 g/mol. The van der Waals surface area contributed by atoms with Crippen molar-refractivity contribution < 1.29 is 23.4 Å². The van der Waals surface area contributed by atoms with E-state index in [0.717, 1.165) is 0 Å². The maximum absolute atomic E-state index is 11.4. The van der Waals surface area contributed by atoms with Crippen LogP contribution in [0.1, 0.15) is 12.0 Å². The molecule has 0 amide bonds. The lowest BCUT2D eigenvalue weighted by Crippen LogP contribution is -2.27. The average Bonchev–Trinajstić information content (AvgIpc) is 2.26. The first-order chi connectivity index (χ1) is 7.89. The van der Waals surface area contributed by atoms with Gasteiger partial charge >= 0.3 is 5.97 Å². The summed E-state index contributed by atoms with van der Waals surface area (Å²) in [7, 11) is -3.58. The Morgan fingerprint density at radius 3 is 2.35 bits per heavy atom. The summed E-state index contributed by atoms with van der Waals surface area (Å²) in [5.41, 5.74) is 0.682. The Hall–Kier alpha value is -1.60. The van der Waals surface area contributed by atoms with Crippen LogP contribution in [0.4, 0.5) is 0 Å². The number of phenolic OH excluding ortho intramolecular Hbond substituents is 1. The Balaban J connectivity index is 2.49. The fraction of sp³-hybridized carbons (Fsp3) is 0.300. The van der Waals surface area contributed by atoms with Crippen LogP contribution in [0.25, 0.3) is 0 Å². The number of carboxylic acid groups (broad SMARTS) is 1. The molecular formula is C10H13NO5S. The Bertz CT molecular complexity index is 480. The van der Waals surface area contributed by atoms with Crippen molar-refractivity contribution in [3.63, 3.8) is 0 Å². The highest BCUT2D eigenvalue weighted by molar-refractivity contribution is 7.89. The summed E-state index contributed by atoms with van der Waals surface area (Å²) in [5, 5.41) is 17.4. The Labute approximate surface area is 99.0 Å². The number of nitrogens with one attached hydrogen (secondary N) is 1. The summed E-state index contributed by atoms with van der Waals surface area (Å²) in [6.45, 7) is 0.0717. The van der Waals surface area contributed by atoms with Crippen LogP contribution in [0.3, 0.4) is 0 Å². The van der Waals surface area contributed by atoms with Gasteiger partial charge in [0.2, 0.25) is 10.0 Å². The molecule has 1 aromatic rings. The third-order valence-corrected chi connectivity index (χ3v) is 3.34. The minimum Gasteiger partial charge on any atom is -0.508 e. The Morgan fingerprint density at radius 1 is 1.24 bits per heavy atom. The lowest BCUT2D eigenvalue weighted by molar-refractivity contribution is -0.136. The van der Waals surface area contributed by atoms with Crippen LogP contribution >= 0.6 is 0 Å². The van der Waals surface area contributed by atoms with Gasteiger partial charge in [0.05, 0.1) is 12.2 Å². The quantitative estimate of drug-likeness (QED) is 0.681. The monoisotopic (exact) mass is 259 g/mol. The number of aliphatic carboxylic acids is 1. The summed E-state index contributed by atoms with van der Waals surface area (Å²) < 4.78 is 25.0. The third-order valence-electron chi connectivity index (χ3n) is 2.02. The molecule has 0 fully saturated rings. The first kappa shape index (κ1) is 13.5. The zero-order valence-electron chi connectivity index (χ0n) is 8.96. The predicted octanol–water partition coefficient (Wildman–Crippen LogP) is 0.286. The predicted molar refractivity (Wildman–Crippen MR) is 61.0 cm³/mol. The van der Waals surface area contributed by atoms with Gasteiger partial charge in [0.1, 0.15) is 5.75 Å². The molecule has 0 aliphatic heterocycles. The number of carboxylic acids is 1. The number of hydrogen-bond acceptors (Lipinski definition) is 4. The molecule has 7 heteroatoms. The van der Waals surface area contributed by atoms with Gasteiger partial charge in [-0.05, 0) is 17.7 Å². The molecule has 0 aliphatic carbocycles. The van der Waals surface area contributed by atoms with Gasteiger partial charge in [0.15, 0.2) is 0 Å². The van der Waals surface area contributed by atoms with Gasteiger partial charge in [0, 0.05) is 6.54 Å². The van der Waals surface area contributed by atoms with E-state index in [1.54, 1.807) is 12.1 Å². The second kappa shape index (κ2) is 5.65. The van der Waals surface area contributed by atoms with Crippen LogP contribution in [0.2, 0.25) is 0 Å². The molecule has 0 spiro atoms. The largest absolute Gasteiger partial charge is 0.508 e. The van der Waals surface area contributed by atoms with Crippen LogP contribution < -0.4 is 4.72 Å².